The molecule has 0 spiro atoms. The zero-order valence-corrected chi connectivity index (χ0v) is 22.3. The summed E-state index contributed by atoms with van der Waals surface area (Å²) in [5, 5.41) is 9.35. The molecule has 0 radical (unpaired) electrons. The lowest BCUT2D eigenvalue weighted by Gasteiger charge is -2.20. The second kappa shape index (κ2) is 13.1. The van der Waals surface area contributed by atoms with Crippen molar-refractivity contribution < 1.29 is 29.0 Å². The Balaban J connectivity index is 1.42. The molecular weight excluding hydrogens is 508 g/mol. The van der Waals surface area contributed by atoms with E-state index in [1.807, 2.05) is 84.4 Å². The van der Waals surface area contributed by atoms with Crippen molar-refractivity contribution in [3.63, 3.8) is 0 Å². The third-order valence-electron chi connectivity index (χ3n) is 6.16. The average Bonchev–Trinajstić information content (AvgIpc) is 3.41. The van der Waals surface area contributed by atoms with Crippen molar-refractivity contribution >= 4 is 23.9 Å². The van der Waals surface area contributed by atoms with Crippen LogP contribution in [-0.2, 0) is 17.9 Å². The number of aromatic nitrogens is 1. The Kier molecular flexibility index (Phi) is 9.15. The maximum Gasteiger partial charge on any atom is 0.416 e. The van der Waals surface area contributed by atoms with Gasteiger partial charge in [-0.15, -0.1) is 0 Å². The smallest absolute Gasteiger partial charge is 0.416 e. The van der Waals surface area contributed by atoms with Crippen LogP contribution in [0.2, 0.25) is 0 Å². The number of aryl methyl sites for hydroxylation is 1. The van der Waals surface area contributed by atoms with Crippen LogP contribution in [0.4, 0.5) is 4.79 Å². The number of carboxylic acids is 1. The molecule has 204 valence electrons. The van der Waals surface area contributed by atoms with Gasteiger partial charge in [0.05, 0.1) is 12.8 Å². The molecule has 1 aromatic heterocycles. The molecule has 8 heteroatoms. The first-order valence-electron chi connectivity index (χ1n) is 12.7. The van der Waals surface area contributed by atoms with Crippen molar-refractivity contribution in [2.75, 3.05) is 13.7 Å². The number of benzene rings is 3. The summed E-state index contributed by atoms with van der Waals surface area (Å²) in [7, 11) is 1.53. The van der Waals surface area contributed by atoms with Crippen LogP contribution in [0.1, 0.15) is 32.7 Å². The van der Waals surface area contributed by atoms with Gasteiger partial charge in [0.2, 0.25) is 5.78 Å². The highest BCUT2D eigenvalue weighted by Crippen LogP contribution is 2.19. The molecule has 3 aromatic carbocycles. The zero-order valence-electron chi connectivity index (χ0n) is 22.3. The number of ether oxygens (including phenoxy) is 2. The van der Waals surface area contributed by atoms with Crippen LogP contribution in [0.15, 0.2) is 97.2 Å². The van der Waals surface area contributed by atoms with Crippen molar-refractivity contribution in [2.24, 2.45) is 0 Å². The molecule has 0 aliphatic carbocycles. The fourth-order valence-corrected chi connectivity index (χ4v) is 4.11. The Morgan fingerprint density at radius 1 is 0.925 bits per heavy atom. The monoisotopic (exact) mass is 538 g/mol. The van der Waals surface area contributed by atoms with Gasteiger partial charge >= 0.3 is 12.1 Å². The lowest BCUT2D eigenvalue weighted by Crippen LogP contribution is -2.37. The number of rotatable bonds is 11. The molecule has 0 fully saturated rings. The number of aliphatic carboxylic acids is 1. The van der Waals surface area contributed by atoms with Gasteiger partial charge in [0.1, 0.15) is 18.0 Å². The Bertz CT molecular complexity index is 1500. The summed E-state index contributed by atoms with van der Waals surface area (Å²) >= 11 is 0. The van der Waals surface area contributed by atoms with E-state index < -0.39 is 18.6 Å². The van der Waals surface area contributed by atoms with E-state index in [1.54, 1.807) is 30.3 Å². The predicted molar refractivity (Wildman–Crippen MR) is 152 cm³/mol. The Hall–Kier alpha value is -5.11. The number of allylic oxidation sites excluding steroid dienone is 1. The number of hydrogen-bond acceptors (Lipinski definition) is 5. The van der Waals surface area contributed by atoms with E-state index >= 15 is 0 Å². The Morgan fingerprint density at radius 2 is 1.65 bits per heavy atom. The first-order chi connectivity index (χ1) is 19.3. The highest BCUT2D eigenvalue weighted by molar-refractivity contribution is 6.08. The molecule has 4 rings (SSSR count). The number of ketones is 1. The first-order valence-corrected chi connectivity index (χ1v) is 12.7. The quantitative estimate of drug-likeness (QED) is 0.241. The molecule has 0 unspecified atom stereocenters. The van der Waals surface area contributed by atoms with Gasteiger partial charge < -0.3 is 19.1 Å². The number of nitrogens with zero attached hydrogens (tertiary/aromatic N) is 2. The molecular formula is C32H30N2O6. The van der Waals surface area contributed by atoms with E-state index in [1.165, 1.54) is 7.11 Å². The van der Waals surface area contributed by atoms with Crippen LogP contribution >= 0.6 is 0 Å². The number of carbonyl (C=O) groups is 3. The highest BCUT2D eigenvalue weighted by atomic mass is 16.6. The minimum Gasteiger partial charge on any atom is -0.497 e. The van der Waals surface area contributed by atoms with Crippen LogP contribution in [0.5, 0.6) is 11.5 Å². The summed E-state index contributed by atoms with van der Waals surface area (Å²) in [4.78, 5) is 38.3. The maximum absolute atomic E-state index is 13.0. The first kappa shape index (κ1) is 27.9. The number of amides is 1. The number of carbonyl (C=O) groups excluding carboxylic acids is 2. The average molecular weight is 539 g/mol. The minimum absolute atomic E-state index is 0.0413. The van der Waals surface area contributed by atoms with Crippen LogP contribution in [-0.4, -0.2) is 46.1 Å². The summed E-state index contributed by atoms with van der Waals surface area (Å²) in [5.41, 5.74) is 3.94. The van der Waals surface area contributed by atoms with E-state index in [4.69, 9.17) is 9.47 Å². The molecule has 0 aliphatic rings. The number of hydrogen-bond donors (Lipinski definition) is 1. The van der Waals surface area contributed by atoms with E-state index in [0.717, 1.165) is 21.6 Å². The molecule has 0 aliphatic heterocycles. The van der Waals surface area contributed by atoms with Gasteiger partial charge in [-0.25, -0.2) is 4.79 Å². The lowest BCUT2D eigenvalue weighted by atomic mass is 10.1. The highest BCUT2D eigenvalue weighted by Gasteiger charge is 2.20. The van der Waals surface area contributed by atoms with Crippen molar-refractivity contribution in [2.45, 2.75) is 20.0 Å². The van der Waals surface area contributed by atoms with Crippen LogP contribution in [0, 0.1) is 6.92 Å². The van der Waals surface area contributed by atoms with Crippen LogP contribution in [0.25, 0.3) is 6.08 Å². The zero-order chi connectivity index (χ0) is 28.5. The maximum atomic E-state index is 13.0. The Morgan fingerprint density at radius 3 is 2.35 bits per heavy atom. The van der Waals surface area contributed by atoms with Gasteiger partial charge in [0, 0.05) is 24.8 Å². The van der Waals surface area contributed by atoms with E-state index in [0.29, 0.717) is 23.6 Å². The third kappa shape index (κ3) is 7.48. The van der Waals surface area contributed by atoms with E-state index in [2.05, 4.69) is 0 Å². The van der Waals surface area contributed by atoms with Crippen molar-refractivity contribution in [3.05, 3.63) is 125 Å². The predicted octanol–water partition coefficient (Wildman–Crippen LogP) is 5.84. The van der Waals surface area contributed by atoms with Crippen LogP contribution in [0.3, 0.4) is 0 Å². The second-order valence-electron chi connectivity index (χ2n) is 9.18. The molecule has 1 N–H and O–H groups in total. The van der Waals surface area contributed by atoms with Gasteiger partial charge in [-0.1, -0.05) is 60.2 Å². The molecule has 0 atom stereocenters. The SMILES string of the molecule is COc1ccc(OC(=O)N(CC(=O)O)Cc2cccc(/C=C/Cn3cccc3C(=O)c3ccc(C)cc3)c2)cc1. The summed E-state index contributed by atoms with van der Waals surface area (Å²) < 4.78 is 12.4. The summed E-state index contributed by atoms with van der Waals surface area (Å²) in [6.07, 6.45) is 4.95. The Labute approximate surface area is 232 Å². The third-order valence-corrected chi connectivity index (χ3v) is 6.16. The summed E-state index contributed by atoms with van der Waals surface area (Å²) in [5.74, 6) is -0.299. The summed E-state index contributed by atoms with van der Waals surface area (Å²) in [6.45, 7) is 2.01. The summed E-state index contributed by atoms with van der Waals surface area (Å²) in [6, 6.07) is 25.0. The fourth-order valence-electron chi connectivity index (χ4n) is 4.11. The molecule has 1 heterocycles. The normalized spacial score (nSPS) is 10.8. The molecule has 8 nitrogen and oxygen atoms in total. The van der Waals surface area contributed by atoms with Gasteiger partial charge in [0.15, 0.2) is 0 Å². The minimum atomic E-state index is -1.15. The van der Waals surface area contributed by atoms with Gasteiger partial charge in [-0.2, -0.15) is 0 Å². The molecule has 40 heavy (non-hydrogen) atoms. The topological polar surface area (TPSA) is 98.1 Å². The number of methoxy groups -OCH3 is 1. The van der Waals surface area contributed by atoms with Crippen LogP contribution < -0.4 is 9.47 Å². The van der Waals surface area contributed by atoms with Crippen molar-refractivity contribution in [1.29, 1.82) is 0 Å². The van der Waals surface area contributed by atoms with Crippen molar-refractivity contribution in [3.8, 4) is 11.5 Å². The van der Waals surface area contributed by atoms with Crippen molar-refractivity contribution in [1.82, 2.24) is 9.47 Å². The molecule has 1 amide bonds. The molecule has 0 bridgehead atoms. The second-order valence-corrected chi connectivity index (χ2v) is 9.18. The van der Waals surface area contributed by atoms with Gasteiger partial charge in [0.25, 0.3) is 0 Å². The number of carboxylic acid groups (broad SMARTS) is 1. The molecule has 4 aromatic rings. The fraction of sp³-hybridized carbons (Fsp3) is 0.156. The van der Waals surface area contributed by atoms with E-state index in [-0.39, 0.29) is 18.1 Å². The van der Waals surface area contributed by atoms with Gasteiger partial charge in [-0.05, 0) is 60.5 Å². The lowest BCUT2D eigenvalue weighted by molar-refractivity contribution is -0.138. The standard InChI is InChI=1S/C32H30N2O6/c1-23-10-12-26(13-11-23)31(37)29-9-5-19-33(29)18-4-8-24-6-3-7-25(20-24)21-34(22-30(35)36)32(38)40-28-16-14-27(39-2)15-17-28/h3-17,19-20H,18,21-22H2,1-2H3,(H,35,36)/b8-4+. The van der Waals surface area contributed by atoms with Gasteiger partial charge in [-0.3, -0.25) is 14.5 Å². The largest absolute Gasteiger partial charge is 0.497 e. The van der Waals surface area contributed by atoms with E-state index in [9.17, 15) is 19.5 Å². The molecule has 0 saturated carbocycles. The molecule has 0 saturated heterocycles.